The summed E-state index contributed by atoms with van der Waals surface area (Å²) in [6, 6.07) is 17.5. The molecule has 2 heterocycles. The van der Waals surface area contributed by atoms with Gasteiger partial charge in [0.15, 0.2) is 0 Å². The maximum absolute atomic E-state index is 12.9. The van der Waals surface area contributed by atoms with Crippen molar-refractivity contribution in [1.82, 2.24) is 5.32 Å². The first-order chi connectivity index (χ1) is 11.7. The first-order valence-electron chi connectivity index (χ1n) is 7.59. The average Bonchev–Trinajstić information content (AvgIpc) is 3.03. The lowest BCUT2D eigenvalue weighted by Crippen LogP contribution is -2.31. The zero-order valence-corrected chi connectivity index (χ0v) is 15.1. The predicted octanol–water partition coefficient (Wildman–Crippen LogP) is 5.06. The number of nitrogens with one attached hydrogen (secondary N) is 1. The Morgan fingerprint density at radius 3 is 2.29 bits per heavy atom. The van der Waals surface area contributed by atoms with Crippen molar-refractivity contribution in [2.45, 2.75) is 12.5 Å². The van der Waals surface area contributed by atoms with Crippen LogP contribution in [0.1, 0.15) is 21.9 Å². The molecule has 0 unspecified atom stereocenters. The fraction of sp³-hybridized carbons (Fsp3) is 0.105. The van der Waals surface area contributed by atoms with Crippen LogP contribution in [0.5, 0.6) is 11.5 Å². The number of benzene rings is 2. The molecule has 0 spiro atoms. The summed E-state index contributed by atoms with van der Waals surface area (Å²) in [6.45, 7) is 0.525. The van der Waals surface area contributed by atoms with Gasteiger partial charge in [0.1, 0.15) is 11.5 Å². The number of thiophene rings is 1. The van der Waals surface area contributed by atoms with Crippen molar-refractivity contribution in [2.75, 3.05) is 0 Å². The molecule has 0 bridgehead atoms. The second kappa shape index (κ2) is 6.42. The van der Waals surface area contributed by atoms with Crippen molar-refractivity contribution in [3.05, 3.63) is 80.5 Å². The van der Waals surface area contributed by atoms with E-state index in [4.69, 9.17) is 4.74 Å². The Bertz CT molecular complexity index is 860. The Kier molecular flexibility index (Phi) is 4.12. The standard InChI is InChI=1S/C19H14BrNO2S/c20-12-9-13(24-11-12)10-21-19(22)18-14-5-1-3-7-16(14)23-17-8-4-2-6-15(17)18/h1-9,11,18H,10H2,(H,21,22). The van der Waals surface area contributed by atoms with Crippen LogP contribution in [0.25, 0.3) is 0 Å². The highest BCUT2D eigenvalue weighted by Gasteiger charge is 2.32. The van der Waals surface area contributed by atoms with E-state index in [-0.39, 0.29) is 11.8 Å². The molecule has 0 saturated carbocycles. The van der Waals surface area contributed by atoms with Crippen LogP contribution in [0.2, 0.25) is 0 Å². The van der Waals surface area contributed by atoms with Gasteiger partial charge in [-0.3, -0.25) is 4.79 Å². The molecule has 3 aromatic rings. The summed E-state index contributed by atoms with van der Waals surface area (Å²) in [4.78, 5) is 14.0. The van der Waals surface area contributed by atoms with Crippen molar-refractivity contribution in [3.63, 3.8) is 0 Å². The number of carbonyl (C=O) groups is 1. The molecule has 0 fully saturated rings. The van der Waals surface area contributed by atoms with Gasteiger partial charge in [-0.15, -0.1) is 11.3 Å². The third kappa shape index (κ3) is 2.85. The lowest BCUT2D eigenvalue weighted by atomic mass is 9.87. The van der Waals surface area contributed by atoms with E-state index in [1.54, 1.807) is 11.3 Å². The van der Waals surface area contributed by atoms with E-state index < -0.39 is 0 Å². The van der Waals surface area contributed by atoms with E-state index in [1.165, 1.54) is 0 Å². The zero-order valence-electron chi connectivity index (χ0n) is 12.7. The number of halogens is 1. The Morgan fingerprint density at radius 2 is 1.71 bits per heavy atom. The van der Waals surface area contributed by atoms with Crippen LogP contribution in [0.15, 0.2) is 64.5 Å². The van der Waals surface area contributed by atoms with Crippen molar-refractivity contribution in [3.8, 4) is 11.5 Å². The van der Waals surface area contributed by atoms with E-state index in [9.17, 15) is 4.79 Å². The van der Waals surface area contributed by atoms with Crippen LogP contribution in [0.3, 0.4) is 0 Å². The third-order valence-electron chi connectivity index (χ3n) is 4.00. The number of ether oxygens (including phenoxy) is 1. The second-order valence-electron chi connectivity index (χ2n) is 5.56. The highest BCUT2D eigenvalue weighted by Crippen LogP contribution is 2.43. The molecule has 0 radical (unpaired) electrons. The second-order valence-corrected chi connectivity index (χ2v) is 7.47. The smallest absolute Gasteiger partial charge is 0.232 e. The van der Waals surface area contributed by atoms with Gasteiger partial charge < -0.3 is 10.1 Å². The van der Waals surface area contributed by atoms with Crippen LogP contribution in [0.4, 0.5) is 0 Å². The van der Waals surface area contributed by atoms with Gasteiger partial charge in [-0.1, -0.05) is 36.4 Å². The van der Waals surface area contributed by atoms with Crippen molar-refractivity contribution in [1.29, 1.82) is 0 Å². The van der Waals surface area contributed by atoms with Gasteiger partial charge in [0.05, 0.1) is 12.5 Å². The first-order valence-corrected chi connectivity index (χ1v) is 9.26. The van der Waals surface area contributed by atoms with Gasteiger partial charge in [0.25, 0.3) is 0 Å². The molecule has 4 rings (SSSR count). The van der Waals surface area contributed by atoms with Crippen molar-refractivity contribution >= 4 is 33.2 Å². The number of fused-ring (bicyclic) bond motifs is 2. The van der Waals surface area contributed by atoms with Crippen LogP contribution in [-0.2, 0) is 11.3 Å². The summed E-state index contributed by atoms with van der Waals surface area (Å²) in [6.07, 6.45) is 0. The molecule has 1 aromatic heterocycles. The minimum Gasteiger partial charge on any atom is -0.457 e. The minimum absolute atomic E-state index is 0.0114. The molecule has 0 aliphatic carbocycles. The fourth-order valence-electron chi connectivity index (χ4n) is 2.92. The summed E-state index contributed by atoms with van der Waals surface area (Å²) in [5, 5.41) is 5.07. The quantitative estimate of drug-likeness (QED) is 0.667. The Morgan fingerprint density at radius 1 is 1.08 bits per heavy atom. The number of para-hydroxylation sites is 2. The maximum atomic E-state index is 12.9. The maximum Gasteiger partial charge on any atom is 0.232 e. The Hall–Kier alpha value is -2.11. The normalized spacial score (nSPS) is 12.9. The summed E-state index contributed by atoms with van der Waals surface area (Å²) in [5.74, 6) is 1.13. The van der Waals surface area contributed by atoms with Gasteiger partial charge in [-0.05, 0) is 34.1 Å². The topological polar surface area (TPSA) is 38.3 Å². The molecule has 1 N–H and O–H groups in total. The molecule has 2 aromatic carbocycles. The molecule has 24 heavy (non-hydrogen) atoms. The van der Waals surface area contributed by atoms with Gasteiger partial charge in [-0.2, -0.15) is 0 Å². The van der Waals surface area contributed by atoms with Crippen molar-refractivity contribution in [2.24, 2.45) is 0 Å². The molecule has 1 aliphatic rings. The summed E-state index contributed by atoms with van der Waals surface area (Å²) >= 11 is 5.06. The summed E-state index contributed by atoms with van der Waals surface area (Å²) in [7, 11) is 0. The van der Waals surface area contributed by atoms with Gasteiger partial charge in [0, 0.05) is 25.9 Å². The lowest BCUT2D eigenvalue weighted by molar-refractivity contribution is -0.122. The van der Waals surface area contributed by atoms with E-state index in [0.29, 0.717) is 6.54 Å². The molecule has 1 amide bonds. The number of amides is 1. The highest BCUT2D eigenvalue weighted by molar-refractivity contribution is 9.10. The van der Waals surface area contributed by atoms with Gasteiger partial charge in [0.2, 0.25) is 5.91 Å². The molecular weight excluding hydrogens is 386 g/mol. The van der Waals surface area contributed by atoms with Crippen LogP contribution in [-0.4, -0.2) is 5.91 Å². The van der Waals surface area contributed by atoms with Crippen LogP contribution < -0.4 is 10.1 Å². The number of hydrogen-bond donors (Lipinski definition) is 1. The largest absolute Gasteiger partial charge is 0.457 e. The Labute approximate surface area is 152 Å². The number of rotatable bonds is 3. The van der Waals surface area contributed by atoms with E-state index in [0.717, 1.165) is 32.0 Å². The summed E-state index contributed by atoms with van der Waals surface area (Å²) < 4.78 is 6.98. The van der Waals surface area contributed by atoms with Gasteiger partial charge in [-0.25, -0.2) is 0 Å². The molecular formula is C19H14BrNO2S. The average molecular weight is 400 g/mol. The highest BCUT2D eigenvalue weighted by atomic mass is 79.9. The molecule has 0 atom stereocenters. The monoisotopic (exact) mass is 399 g/mol. The molecule has 1 aliphatic heterocycles. The van der Waals surface area contributed by atoms with Crippen molar-refractivity contribution < 1.29 is 9.53 Å². The van der Waals surface area contributed by atoms with Crippen LogP contribution >= 0.6 is 27.3 Å². The number of hydrogen-bond acceptors (Lipinski definition) is 3. The van der Waals surface area contributed by atoms with E-state index >= 15 is 0 Å². The summed E-state index contributed by atoms with van der Waals surface area (Å²) in [5.41, 5.74) is 1.81. The third-order valence-corrected chi connectivity index (χ3v) is 5.70. The minimum atomic E-state index is -0.352. The lowest BCUT2D eigenvalue weighted by Gasteiger charge is -2.27. The SMILES string of the molecule is O=C(NCc1cc(Br)cs1)C1c2ccccc2Oc2ccccc21. The van der Waals surface area contributed by atoms with Crippen LogP contribution in [0, 0.1) is 0 Å². The molecule has 0 saturated heterocycles. The van der Waals surface area contributed by atoms with Gasteiger partial charge >= 0.3 is 0 Å². The predicted molar refractivity (Wildman–Crippen MR) is 98.7 cm³/mol. The van der Waals surface area contributed by atoms with E-state index in [2.05, 4.69) is 21.2 Å². The van der Waals surface area contributed by atoms with E-state index in [1.807, 2.05) is 60.0 Å². The molecule has 3 nitrogen and oxygen atoms in total. The molecule has 5 heteroatoms. The molecule has 120 valence electrons. The zero-order chi connectivity index (χ0) is 16.5. The first kappa shape index (κ1) is 15.4. The fourth-order valence-corrected chi connectivity index (χ4v) is 4.31. The Balaban J connectivity index is 1.65. The number of carbonyl (C=O) groups excluding carboxylic acids is 1.